The SMILES string of the molecule is C=Cc1ccc2c(c1)c1ccccc1n2-c1cccc(-c2nc(-c3ccccc3)nc(-c3ccccc3)n2)c1. The molecule has 0 saturated heterocycles. The lowest BCUT2D eigenvalue weighted by molar-refractivity contribution is 1.07. The highest BCUT2D eigenvalue weighted by Crippen LogP contribution is 2.34. The van der Waals surface area contributed by atoms with Gasteiger partial charge in [0.05, 0.1) is 11.0 Å². The molecule has 184 valence electrons. The Morgan fingerprint density at radius 3 is 1.72 bits per heavy atom. The van der Waals surface area contributed by atoms with Crippen molar-refractivity contribution in [3.63, 3.8) is 0 Å². The molecule has 0 amide bonds. The molecule has 5 aromatic carbocycles. The van der Waals surface area contributed by atoms with Crippen LogP contribution in [-0.4, -0.2) is 19.5 Å². The van der Waals surface area contributed by atoms with Gasteiger partial charge in [-0.15, -0.1) is 0 Å². The molecule has 0 unspecified atom stereocenters. The van der Waals surface area contributed by atoms with Gasteiger partial charge in [-0.05, 0) is 35.9 Å². The van der Waals surface area contributed by atoms with E-state index in [-0.39, 0.29) is 0 Å². The predicted octanol–water partition coefficient (Wildman–Crippen LogP) is 8.61. The summed E-state index contributed by atoms with van der Waals surface area (Å²) in [5.41, 5.74) is 7.28. The normalized spacial score (nSPS) is 11.2. The number of nitrogens with zero attached hydrogens (tertiary/aromatic N) is 4. The zero-order valence-electron chi connectivity index (χ0n) is 21.2. The molecule has 0 radical (unpaired) electrons. The highest BCUT2D eigenvalue weighted by atomic mass is 15.0. The van der Waals surface area contributed by atoms with Gasteiger partial charge in [0.25, 0.3) is 0 Å². The third-order valence-electron chi connectivity index (χ3n) is 6.99. The number of benzene rings is 5. The molecule has 0 aliphatic heterocycles. The van der Waals surface area contributed by atoms with Crippen molar-refractivity contribution in [3.8, 4) is 39.9 Å². The van der Waals surface area contributed by atoms with Crippen LogP contribution in [0.3, 0.4) is 0 Å². The van der Waals surface area contributed by atoms with Gasteiger partial charge in [-0.2, -0.15) is 0 Å². The summed E-state index contributed by atoms with van der Waals surface area (Å²) in [6.07, 6.45) is 1.89. The highest BCUT2D eigenvalue weighted by molar-refractivity contribution is 6.09. The van der Waals surface area contributed by atoms with E-state index in [9.17, 15) is 0 Å². The molecule has 7 rings (SSSR count). The lowest BCUT2D eigenvalue weighted by Gasteiger charge is -2.11. The van der Waals surface area contributed by atoms with Crippen LogP contribution in [0.5, 0.6) is 0 Å². The lowest BCUT2D eigenvalue weighted by atomic mass is 10.1. The molecular weight excluding hydrogens is 476 g/mol. The maximum Gasteiger partial charge on any atom is 0.164 e. The summed E-state index contributed by atoms with van der Waals surface area (Å²) in [7, 11) is 0. The van der Waals surface area contributed by atoms with Crippen LogP contribution in [0.25, 0.3) is 67.7 Å². The van der Waals surface area contributed by atoms with Crippen LogP contribution in [0.1, 0.15) is 5.56 Å². The smallest absolute Gasteiger partial charge is 0.164 e. The fourth-order valence-corrected chi connectivity index (χ4v) is 5.12. The van der Waals surface area contributed by atoms with Crippen LogP contribution < -0.4 is 0 Å². The van der Waals surface area contributed by atoms with Crippen molar-refractivity contribution in [2.75, 3.05) is 0 Å². The molecule has 7 aromatic rings. The number of hydrogen-bond donors (Lipinski definition) is 0. The fourth-order valence-electron chi connectivity index (χ4n) is 5.12. The van der Waals surface area contributed by atoms with E-state index in [0.717, 1.165) is 39.0 Å². The Hall–Kier alpha value is -5.35. The van der Waals surface area contributed by atoms with E-state index < -0.39 is 0 Å². The molecular formula is C35H24N4. The minimum absolute atomic E-state index is 0.638. The summed E-state index contributed by atoms with van der Waals surface area (Å²) < 4.78 is 2.30. The number of aromatic nitrogens is 4. The summed E-state index contributed by atoms with van der Waals surface area (Å²) in [4.78, 5) is 14.7. The number of para-hydroxylation sites is 1. The zero-order chi connectivity index (χ0) is 26.2. The molecule has 39 heavy (non-hydrogen) atoms. The van der Waals surface area contributed by atoms with Gasteiger partial charge in [0.1, 0.15) is 0 Å². The molecule has 0 saturated carbocycles. The molecule has 0 aliphatic rings. The van der Waals surface area contributed by atoms with E-state index >= 15 is 0 Å². The molecule has 4 heteroatoms. The van der Waals surface area contributed by atoms with Gasteiger partial charge in [0.15, 0.2) is 17.5 Å². The van der Waals surface area contributed by atoms with Crippen molar-refractivity contribution < 1.29 is 0 Å². The van der Waals surface area contributed by atoms with Crippen molar-refractivity contribution in [1.29, 1.82) is 0 Å². The summed E-state index contributed by atoms with van der Waals surface area (Å²) >= 11 is 0. The van der Waals surface area contributed by atoms with Gasteiger partial charge >= 0.3 is 0 Å². The number of hydrogen-bond acceptors (Lipinski definition) is 3. The van der Waals surface area contributed by atoms with Crippen molar-refractivity contribution in [1.82, 2.24) is 19.5 Å². The Balaban J connectivity index is 1.43. The first-order valence-corrected chi connectivity index (χ1v) is 12.9. The molecule has 0 aliphatic carbocycles. The topological polar surface area (TPSA) is 43.6 Å². The average molecular weight is 501 g/mol. The predicted molar refractivity (Wildman–Crippen MR) is 161 cm³/mol. The Kier molecular flexibility index (Phi) is 5.56. The summed E-state index contributed by atoms with van der Waals surface area (Å²) in [5.74, 6) is 1.94. The number of fused-ring (bicyclic) bond motifs is 3. The first-order chi connectivity index (χ1) is 19.3. The van der Waals surface area contributed by atoms with Crippen molar-refractivity contribution in [2.45, 2.75) is 0 Å². The van der Waals surface area contributed by atoms with Gasteiger partial charge < -0.3 is 4.57 Å². The second kappa shape index (κ2) is 9.51. The van der Waals surface area contributed by atoms with E-state index in [1.165, 1.54) is 10.8 Å². The Bertz CT molecular complexity index is 1910. The maximum absolute atomic E-state index is 4.93. The van der Waals surface area contributed by atoms with Crippen LogP contribution in [0.15, 0.2) is 134 Å². The summed E-state index contributed by atoms with van der Waals surface area (Å²) in [5, 5.41) is 2.41. The molecule has 2 heterocycles. The third kappa shape index (κ3) is 4.09. The van der Waals surface area contributed by atoms with Gasteiger partial charge in [-0.25, -0.2) is 15.0 Å². The third-order valence-corrected chi connectivity index (χ3v) is 6.99. The van der Waals surface area contributed by atoms with E-state index in [4.69, 9.17) is 15.0 Å². The summed E-state index contributed by atoms with van der Waals surface area (Å²) in [6, 6.07) is 43.5. The molecule has 0 spiro atoms. The standard InChI is InChI=1S/C35H24N4/c1-2-24-20-21-32-30(22-24)29-18-9-10-19-31(29)39(32)28-17-11-16-27(23-28)35-37-33(25-12-5-3-6-13-25)36-34(38-35)26-14-7-4-8-15-26/h2-23H,1H2. The average Bonchev–Trinajstić information content (AvgIpc) is 3.35. The molecule has 4 nitrogen and oxygen atoms in total. The summed E-state index contributed by atoms with van der Waals surface area (Å²) in [6.45, 7) is 3.96. The molecule has 0 fully saturated rings. The first-order valence-electron chi connectivity index (χ1n) is 12.9. The maximum atomic E-state index is 4.93. The quantitative estimate of drug-likeness (QED) is 0.238. The monoisotopic (exact) mass is 500 g/mol. The Morgan fingerprint density at radius 1 is 0.487 bits per heavy atom. The van der Waals surface area contributed by atoms with Gasteiger partial charge in [0, 0.05) is 33.2 Å². The van der Waals surface area contributed by atoms with Crippen molar-refractivity contribution in [2.24, 2.45) is 0 Å². The van der Waals surface area contributed by atoms with E-state index in [2.05, 4.69) is 77.9 Å². The van der Waals surface area contributed by atoms with Crippen LogP contribution >= 0.6 is 0 Å². The minimum atomic E-state index is 0.638. The van der Waals surface area contributed by atoms with Crippen molar-refractivity contribution in [3.05, 3.63) is 140 Å². The largest absolute Gasteiger partial charge is 0.309 e. The lowest BCUT2D eigenvalue weighted by Crippen LogP contribution is -2.01. The Morgan fingerprint density at radius 2 is 1.05 bits per heavy atom. The molecule has 0 atom stereocenters. The Labute approximate surface area is 226 Å². The van der Waals surface area contributed by atoms with Crippen LogP contribution in [-0.2, 0) is 0 Å². The van der Waals surface area contributed by atoms with Gasteiger partial charge in [-0.1, -0.05) is 110 Å². The van der Waals surface area contributed by atoms with E-state index in [1.54, 1.807) is 0 Å². The molecule has 0 N–H and O–H groups in total. The van der Waals surface area contributed by atoms with E-state index in [1.807, 2.05) is 66.7 Å². The second-order valence-corrected chi connectivity index (χ2v) is 9.42. The van der Waals surface area contributed by atoms with Crippen LogP contribution in [0.4, 0.5) is 0 Å². The van der Waals surface area contributed by atoms with Gasteiger partial charge in [-0.3, -0.25) is 0 Å². The highest BCUT2D eigenvalue weighted by Gasteiger charge is 2.15. The van der Waals surface area contributed by atoms with Gasteiger partial charge in [0.2, 0.25) is 0 Å². The molecule has 0 bridgehead atoms. The van der Waals surface area contributed by atoms with Crippen molar-refractivity contribution >= 4 is 27.9 Å². The molecule has 2 aromatic heterocycles. The van der Waals surface area contributed by atoms with Crippen LogP contribution in [0, 0.1) is 0 Å². The van der Waals surface area contributed by atoms with E-state index in [0.29, 0.717) is 17.5 Å². The fraction of sp³-hybridized carbons (Fsp3) is 0. The minimum Gasteiger partial charge on any atom is -0.309 e. The number of rotatable bonds is 5. The second-order valence-electron chi connectivity index (χ2n) is 9.42. The van der Waals surface area contributed by atoms with Crippen LogP contribution in [0.2, 0.25) is 0 Å². The first kappa shape index (κ1) is 22.8. The zero-order valence-corrected chi connectivity index (χ0v) is 21.2.